The van der Waals surface area contributed by atoms with Gasteiger partial charge in [-0.15, -0.1) is 0 Å². The molecule has 4 atom stereocenters. The molecule has 2 amide bonds. The molecular formula is C31H30N6O10. The molecule has 0 unspecified atom stereocenters. The van der Waals surface area contributed by atoms with Crippen LogP contribution in [0.4, 0.5) is 22.1 Å². The SMILES string of the molecule is CC(=O)Nc1nc(OC(=O)N(c2ccccc2)c2ccccc2)c2c(ncn2[C@@H]2O[C@H](COC(C)=O)[C@@H](OC(C)=O)[C@H]2OC(C)=O)n1. The van der Waals surface area contributed by atoms with Crippen LogP contribution in [-0.2, 0) is 38.1 Å². The molecule has 3 heterocycles. The average molecular weight is 647 g/mol. The summed E-state index contributed by atoms with van der Waals surface area (Å²) in [7, 11) is 0. The van der Waals surface area contributed by atoms with E-state index in [9.17, 15) is 24.0 Å². The highest BCUT2D eigenvalue weighted by molar-refractivity contribution is 5.98. The second-order valence-electron chi connectivity index (χ2n) is 10.2. The minimum Gasteiger partial charge on any atom is -0.463 e. The van der Waals surface area contributed by atoms with E-state index in [-0.39, 0.29) is 29.6 Å². The molecule has 244 valence electrons. The number of carbonyl (C=O) groups is 5. The van der Waals surface area contributed by atoms with Crippen LogP contribution in [0.5, 0.6) is 5.88 Å². The van der Waals surface area contributed by atoms with Gasteiger partial charge in [-0.3, -0.25) is 29.1 Å². The summed E-state index contributed by atoms with van der Waals surface area (Å²) in [6, 6.07) is 17.5. The second-order valence-corrected chi connectivity index (χ2v) is 10.2. The number of imidazole rings is 1. The van der Waals surface area contributed by atoms with E-state index in [2.05, 4.69) is 20.3 Å². The maximum Gasteiger partial charge on any atom is 0.425 e. The predicted octanol–water partition coefficient (Wildman–Crippen LogP) is 3.45. The van der Waals surface area contributed by atoms with Gasteiger partial charge < -0.3 is 23.7 Å². The first-order chi connectivity index (χ1) is 22.5. The molecule has 1 N–H and O–H groups in total. The van der Waals surface area contributed by atoms with Crippen molar-refractivity contribution < 1.29 is 47.7 Å². The lowest BCUT2D eigenvalue weighted by Gasteiger charge is -2.24. The van der Waals surface area contributed by atoms with E-state index in [1.54, 1.807) is 60.7 Å². The van der Waals surface area contributed by atoms with E-state index in [1.165, 1.54) is 29.6 Å². The predicted molar refractivity (Wildman–Crippen MR) is 162 cm³/mol. The summed E-state index contributed by atoms with van der Waals surface area (Å²) in [5, 5.41) is 2.46. The van der Waals surface area contributed by atoms with Crippen molar-refractivity contribution in [2.45, 2.75) is 52.2 Å². The fourth-order valence-corrected chi connectivity index (χ4v) is 4.95. The Bertz CT molecular complexity index is 1760. The van der Waals surface area contributed by atoms with E-state index >= 15 is 0 Å². The molecule has 0 saturated carbocycles. The monoisotopic (exact) mass is 646 g/mol. The molecule has 1 aliphatic heterocycles. The van der Waals surface area contributed by atoms with Crippen LogP contribution in [0.2, 0.25) is 0 Å². The number of esters is 3. The Kier molecular flexibility index (Phi) is 9.70. The summed E-state index contributed by atoms with van der Waals surface area (Å²) in [5.41, 5.74) is 0.938. The average Bonchev–Trinajstić information content (AvgIpc) is 3.57. The molecule has 0 bridgehead atoms. The van der Waals surface area contributed by atoms with Gasteiger partial charge >= 0.3 is 24.0 Å². The first kappa shape index (κ1) is 32.5. The molecule has 16 heteroatoms. The Hall–Kier alpha value is -5.90. The van der Waals surface area contributed by atoms with Crippen LogP contribution in [-0.4, -0.2) is 74.3 Å². The molecule has 5 rings (SSSR count). The molecule has 4 aromatic rings. The van der Waals surface area contributed by atoms with Gasteiger partial charge in [0.2, 0.25) is 11.9 Å². The third-order valence-electron chi connectivity index (χ3n) is 6.69. The third-order valence-corrected chi connectivity index (χ3v) is 6.69. The number of carbonyl (C=O) groups excluding carboxylic acids is 5. The van der Waals surface area contributed by atoms with Gasteiger partial charge in [-0.25, -0.2) is 14.7 Å². The Balaban J connectivity index is 1.62. The van der Waals surface area contributed by atoms with Gasteiger partial charge in [-0.05, 0) is 24.3 Å². The molecule has 0 radical (unpaired) electrons. The van der Waals surface area contributed by atoms with Crippen molar-refractivity contribution in [3.63, 3.8) is 0 Å². The van der Waals surface area contributed by atoms with E-state index in [0.717, 1.165) is 13.8 Å². The molecule has 2 aromatic heterocycles. The molecular weight excluding hydrogens is 616 g/mol. The number of fused-ring (bicyclic) bond motifs is 1. The van der Waals surface area contributed by atoms with Crippen molar-refractivity contribution in [1.82, 2.24) is 19.5 Å². The first-order valence-corrected chi connectivity index (χ1v) is 14.3. The van der Waals surface area contributed by atoms with Crippen LogP contribution >= 0.6 is 0 Å². The minimum absolute atomic E-state index is 0.00499. The van der Waals surface area contributed by atoms with Crippen molar-refractivity contribution in [3.05, 3.63) is 67.0 Å². The zero-order valence-electron chi connectivity index (χ0n) is 25.7. The van der Waals surface area contributed by atoms with Crippen molar-refractivity contribution in [1.29, 1.82) is 0 Å². The topological polar surface area (TPSA) is 190 Å². The van der Waals surface area contributed by atoms with Gasteiger partial charge in [0.25, 0.3) is 5.88 Å². The Morgan fingerprint density at radius 2 is 1.43 bits per heavy atom. The third kappa shape index (κ3) is 7.50. The summed E-state index contributed by atoms with van der Waals surface area (Å²) >= 11 is 0. The van der Waals surface area contributed by atoms with Crippen molar-refractivity contribution in [2.24, 2.45) is 0 Å². The fraction of sp³-hybridized carbons (Fsp3) is 0.290. The number of benzene rings is 2. The van der Waals surface area contributed by atoms with Gasteiger partial charge in [0.05, 0.1) is 11.4 Å². The number of ether oxygens (including phenoxy) is 5. The molecule has 0 aliphatic carbocycles. The maximum atomic E-state index is 13.9. The fourth-order valence-electron chi connectivity index (χ4n) is 4.95. The number of hydrogen-bond donors (Lipinski definition) is 1. The van der Waals surface area contributed by atoms with Crippen LogP contribution < -0.4 is 15.0 Å². The molecule has 16 nitrogen and oxygen atoms in total. The van der Waals surface area contributed by atoms with Crippen LogP contribution in [0.1, 0.15) is 33.9 Å². The zero-order chi connectivity index (χ0) is 33.7. The number of hydrogen-bond acceptors (Lipinski definition) is 13. The normalized spacial score (nSPS) is 18.6. The Labute approximate surface area is 267 Å². The Morgan fingerprint density at radius 3 is 1.98 bits per heavy atom. The molecule has 1 fully saturated rings. The second kappa shape index (κ2) is 14.0. The highest BCUT2D eigenvalue weighted by Gasteiger charge is 2.51. The molecule has 1 saturated heterocycles. The van der Waals surface area contributed by atoms with Crippen LogP contribution in [0, 0.1) is 0 Å². The van der Waals surface area contributed by atoms with E-state index in [4.69, 9.17) is 23.7 Å². The van der Waals surface area contributed by atoms with Gasteiger partial charge in [-0.2, -0.15) is 9.97 Å². The Morgan fingerprint density at radius 1 is 0.830 bits per heavy atom. The van der Waals surface area contributed by atoms with Crippen molar-refractivity contribution in [2.75, 3.05) is 16.8 Å². The van der Waals surface area contributed by atoms with E-state index in [0.29, 0.717) is 11.4 Å². The van der Waals surface area contributed by atoms with Gasteiger partial charge in [-0.1, -0.05) is 36.4 Å². The summed E-state index contributed by atoms with van der Waals surface area (Å²) in [6.45, 7) is 4.42. The number of rotatable bonds is 9. The van der Waals surface area contributed by atoms with Crippen LogP contribution in [0.25, 0.3) is 11.2 Å². The summed E-state index contributed by atoms with van der Waals surface area (Å²) in [4.78, 5) is 75.9. The molecule has 47 heavy (non-hydrogen) atoms. The number of anilines is 3. The largest absolute Gasteiger partial charge is 0.463 e. The van der Waals surface area contributed by atoms with E-state index < -0.39 is 54.4 Å². The van der Waals surface area contributed by atoms with Crippen LogP contribution in [0.3, 0.4) is 0 Å². The first-order valence-electron chi connectivity index (χ1n) is 14.3. The van der Waals surface area contributed by atoms with Gasteiger partial charge in [0.1, 0.15) is 19.0 Å². The van der Waals surface area contributed by atoms with Crippen LogP contribution in [0.15, 0.2) is 67.0 Å². The van der Waals surface area contributed by atoms with Gasteiger partial charge in [0, 0.05) is 27.7 Å². The quantitative estimate of drug-likeness (QED) is 0.206. The summed E-state index contributed by atoms with van der Waals surface area (Å²) < 4.78 is 29.5. The minimum atomic E-state index is -1.28. The van der Waals surface area contributed by atoms with Crippen molar-refractivity contribution >= 4 is 58.4 Å². The highest BCUT2D eigenvalue weighted by atomic mass is 16.7. The summed E-state index contributed by atoms with van der Waals surface area (Å²) in [5.74, 6) is -3.10. The van der Waals surface area contributed by atoms with E-state index in [1.807, 2.05) is 0 Å². The number of nitrogens with zero attached hydrogens (tertiary/aromatic N) is 5. The standard InChI is InChI=1S/C31H30N6O10/c1-17(38)33-30-34-27-24(28(35-30)47-31(42)37(21-11-7-5-8-12-21)22-13-9-6-10-14-22)36(16-32-27)29-26(45-20(4)41)25(44-19(3)40)23(46-29)15-43-18(2)39/h5-14,16,23,25-26,29H,15H2,1-4H3,(H,33,34,35,38)/t23-,25-,26-,29-/m1/s1. The maximum absolute atomic E-state index is 13.9. The smallest absolute Gasteiger partial charge is 0.425 e. The van der Waals surface area contributed by atoms with Crippen molar-refractivity contribution in [3.8, 4) is 5.88 Å². The zero-order valence-corrected chi connectivity index (χ0v) is 25.7. The number of para-hydroxylation sites is 2. The number of aromatic nitrogens is 4. The highest BCUT2D eigenvalue weighted by Crippen LogP contribution is 2.38. The number of nitrogens with one attached hydrogen (secondary N) is 1. The lowest BCUT2D eigenvalue weighted by molar-refractivity contribution is -0.166. The lowest BCUT2D eigenvalue weighted by atomic mass is 10.1. The lowest BCUT2D eigenvalue weighted by Crippen LogP contribution is -2.40. The van der Waals surface area contributed by atoms with Gasteiger partial charge in [0.15, 0.2) is 29.6 Å². The molecule has 2 aromatic carbocycles. The summed E-state index contributed by atoms with van der Waals surface area (Å²) in [6.07, 6.45) is -4.44. The molecule has 0 spiro atoms. The number of amides is 2. The molecule has 1 aliphatic rings.